The topological polar surface area (TPSA) is 37.4 Å². The molecule has 0 bridgehead atoms. The van der Waals surface area contributed by atoms with Gasteiger partial charge >= 0.3 is 0 Å². The van der Waals surface area contributed by atoms with E-state index in [2.05, 4.69) is 242 Å². The molecule has 9 aromatic carbocycles. The fraction of sp³-hybridized carbons (Fsp3) is 0.114. The van der Waals surface area contributed by atoms with Gasteiger partial charge in [0, 0.05) is 40.3 Å². The number of aromatic nitrogens is 1. The summed E-state index contributed by atoms with van der Waals surface area (Å²) in [5, 5.41) is 2.53. The van der Waals surface area contributed by atoms with E-state index in [1.807, 2.05) is 50.3 Å². The van der Waals surface area contributed by atoms with Crippen LogP contribution in [-0.4, -0.2) is 11.6 Å². The lowest BCUT2D eigenvalue weighted by atomic mass is 9.81. The number of nitrogens with two attached hydrogens (primary N) is 1. The largest absolute Gasteiger partial charge is 0.399 e. The summed E-state index contributed by atoms with van der Waals surface area (Å²) in [7, 11) is 2.19. The summed E-state index contributed by atoms with van der Waals surface area (Å²) in [6.07, 6.45) is 15.2. The van der Waals surface area contributed by atoms with Gasteiger partial charge in [0.1, 0.15) is 0 Å². The second-order valence-corrected chi connectivity index (χ2v) is 19.6. The molecule has 13 rings (SSSR count). The van der Waals surface area contributed by atoms with Crippen LogP contribution in [0, 0.1) is 0 Å². The van der Waals surface area contributed by atoms with Crippen molar-refractivity contribution < 1.29 is 0 Å². The zero-order valence-electron chi connectivity index (χ0n) is 43.1. The van der Waals surface area contributed by atoms with Crippen LogP contribution in [0.15, 0.2) is 231 Å². The molecule has 74 heavy (non-hydrogen) atoms. The number of rotatable bonds is 7. The first-order chi connectivity index (χ1) is 36.3. The molecular formula is C70H62N4. The van der Waals surface area contributed by atoms with Gasteiger partial charge in [0.15, 0.2) is 0 Å². The van der Waals surface area contributed by atoms with E-state index in [-0.39, 0.29) is 5.41 Å². The molecule has 0 atom stereocenters. The summed E-state index contributed by atoms with van der Waals surface area (Å²) in [5.41, 5.74) is 29.5. The summed E-state index contributed by atoms with van der Waals surface area (Å²) in [4.78, 5) is 4.79. The second-order valence-electron chi connectivity index (χ2n) is 19.6. The first-order valence-electron chi connectivity index (χ1n) is 26.0. The molecule has 1 aliphatic heterocycles. The van der Waals surface area contributed by atoms with Crippen molar-refractivity contribution in [1.29, 1.82) is 0 Å². The second kappa shape index (κ2) is 20.0. The predicted octanol–water partition coefficient (Wildman–Crippen LogP) is 18.8. The molecule has 10 aromatic rings. The molecule has 0 fully saturated rings. The fourth-order valence-electron chi connectivity index (χ4n) is 11.4. The van der Waals surface area contributed by atoms with E-state index < -0.39 is 0 Å². The lowest BCUT2D eigenvalue weighted by molar-refractivity contribution is 0.660. The van der Waals surface area contributed by atoms with Gasteiger partial charge in [0.25, 0.3) is 0 Å². The van der Waals surface area contributed by atoms with Crippen LogP contribution in [0.3, 0.4) is 0 Å². The summed E-state index contributed by atoms with van der Waals surface area (Å²) < 4.78 is 2.38. The van der Waals surface area contributed by atoms with E-state index in [0.29, 0.717) is 0 Å². The molecule has 0 spiro atoms. The highest BCUT2D eigenvalue weighted by atomic mass is 15.3. The van der Waals surface area contributed by atoms with Gasteiger partial charge in [-0.1, -0.05) is 186 Å². The number of benzene rings is 9. The summed E-state index contributed by atoms with van der Waals surface area (Å²) >= 11 is 0. The number of hydrogen-bond donors (Lipinski definition) is 1. The van der Waals surface area contributed by atoms with E-state index in [1.54, 1.807) is 0 Å². The quantitative estimate of drug-likeness (QED) is 0.128. The Morgan fingerprint density at radius 3 is 2.01 bits per heavy atom. The highest BCUT2D eigenvalue weighted by molar-refractivity contribution is 6.10. The SMILES string of the molecule is C=C/C=C(\C=C/c1cccc2c1CCC=C2)c1ccc2c(c1)N(C)c1ccccc1N2c1ccc2c(c1)C(C)(C)c1cc(-c3ccc4c(c3)c3ccccc3n4-c3ccccc3)ccc1-2.CC.Nc1ccccc1. The van der Waals surface area contributed by atoms with E-state index in [1.165, 1.54) is 88.9 Å². The van der Waals surface area contributed by atoms with E-state index in [9.17, 15) is 0 Å². The average molecular weight is 959 g/mol. The Labute approximate surface area is 437 Å². The zero-order valence-corrected chi connectivity index (χ0v) is 43.1. The monoisotopic (exact) mass is 958 g/mol. The predicted molar refractivity (Wildman–Crippen MR) is 320 cm³/mol. The maximum Gasteiger partial charge on any atom is 0.0700 e. The van der Waals surface area contributed by atoms with Crippen LogP contribution in [0.2, 0.25) is 0 Å². The van der Waals surface area contributed by atoms with E-state index in [0.717, 1.165) is 46.7 Å². The van der Waals surface area contributed by atoms with Crippen molar-refractivity contribution in [2.45, 2.75) is 46.0 Å². The Balaban J connectivity index is 0.000000599. The Hall–Kier alpha value is -8.86. The van der Waals surface area contributed by atoms with Gasteiger partial charge in [-0.25, -0.2) is 0 Å². The van der Waals surface area contributed by atoms with Crippen LogP contribution in [0.25, 0.3) is 67.5 Å². The normalized spacial score (nSPS) is 13.8. The summed E-state index contributed by atoms with van der Waals surface area (Å²) in [5.74, 6) is 0. The smallest absolute Gasteiger partial charge is 0.0700 e. The Morgan fingerprint density at radius 1 is 0.581 bits per heavy atom. The molecule has 3 aliphatic rings. The van der Waals surface area contributed by atoms with Gasteiger partial charge in [0.05, 0.1) is 33.8 Å². The van der Waals surface area contributed by atoms with Crippen LogP contribution in [-0.2, 0) is 11.8 Å². The minimum absolute atomic E-state index is 0.214. The number of fused-ring (bicyclic) bond motifs is 9. The van der Waals surface area contributed by atoms with E-state index >= 15 is 0 Å². The number of anilines is 6. The number of hydrogen-bond acceptors (Lipinski definition) is 3. The Morgan fingerprint density at radius 2 is 1.24 bits per heavy atom. The molecule has 2 heterocycles. The van der Waals surface area contributed by atoms with Crippen molar-refractivity contribution in [1.82, 2.24) is 4.57 Å². The molecule has 4 heteroatoms. The van der Waals surface area contributed by atoms with Gasteiger partial charge in [-0.15, -0.1) is 0 Å². The van der Waals surface area contributed by atoms with Crippen molar-refractivity contribution in [2.24, 2.45) is 0 Å². The van der Waals surface area contributed by atoms with Crippen LogP contribution < -0.4 is 15.5 Å². The van der Waals surface area contributed by atoms with Crippen LogP contribution >= 0.6 is 0 Å². The molecule has 1 aromatic heterocycles. The molecule has 0 saturated carbocycles. The van der Waals surface area contributed by atoms with Crippen molar-refractivity contribution in [2.75, 3.05) is 22.6 Å². The summed E-state index contributed by atoms with van der Waals surface area (Å²) in [6.45, 7) is 12.9. The van der Waals surface area contributed by atoms with Crippen LogP contribution in [0.1, 0.15) is 67.5 Å². The third-order valence-corrected chi connectivity index (χ3v) is 15.0. The molecular weight excluding hydrogens is 897 g/mol. The maximum atomic E-state index is 5.36. The van der Waals surface area contributed by atoms with Gasteiger partial charge in [-0.2, -0.15) is 0 Å². The third kappa shape index (κ3) is 8.42. The average Bonchev–Trinajstić information content (AvgIpc) is 3.90. The highest BCUT2D eigenvalue weighted by Gasteiger charge is 2.37. The molecule has 2 aliphatic carbocycles. The van der Waals surface area contributed by atoms with Crippen molar-refractivity contribution >= 4 is 73.7 Å². The number of allylic oxidation sites excluding steroid dienone is 5. The highest BCUT2D eigenvalue weighted by Crippen LogP contribution is 2.55. The minimum atomic E-state index is -0.214. The lowest BCUT2D eigenvalue weighted by Crippen LogP contribution is -2.24. The first kappa shape index (κ1) is 47.5. The van der Waals surface area contributed by atoms with Crippen molar-refractivity contribution in [3.05, 3.63) is 264 Å². The number of para-hydroxylation sites is 5. The molecule has 0 radical (unpaired) electrons. The Bertz CT molecular complexity index is 3830. The third-order valence-electron chi connectivity index (χ3n) is 15.0. The standard InChI is InChI=1S/C62H49N3.C6H7N.C2H6/c1-5-16-41(27-28-43-19-15-18-42-17-9-10-22-49(42)43)46-31-36-60-61(39-46)63(4)58-25-13-14-26-59(58)65(60)48-32-34-51-50-33-29-45(38-54(50)62(2,3)55(51)40-48)44-30-35-57-53(37-44)52-23-11-12-24-56(52)64(57)47-20-7-6-8-21-47;7-6-4-2-1-3-5-6;1-2/h5-9,11-21,23-40H,1,10,22H2,2-4H3;1-5H,7H2;1-2H3/b28-27-,41-16+;;. The van der Waals surface area contributed by atoms with Crippen molar-refractivity contribution in [3.63, 3.8) is 0 Å². The van der Waals surface area contributed by atoms with Crippen LogP contribution in [0.4, 0.5) is 34.1 Å². The molecule has 0 amide bonds. The molecule has 2 N–H and O–H groups in total. The lowest BCUT2D eigenvalue weighted by Gasteiger charge is -2.39. The number of nitrogens with zero attached hydrogens (tertiary/aromatic N) is 3. The molecule has 0 saturated heterocycles. The van der Waals surface area contributed by atoms with Gasteiger partial charge in [-0.3, -0.25) is 0 Å². The minimum Gasteiger partial charge on any atom is -0.399 e. The first-order valence-corrected chi connectivity index (χ1v) is 26.0. The molecule has 4 nitrogen and oxygen atoms in total. The van der Waals surface area contributed by atoms with Crippen molar-refractivity contribution in [3.8, 4) is 27.9 Å². The van der Waals surface area contributed by atoms with Gasteiger partial charge in [0.2, 0.25) is 0 Å². The summed E-state index contributed by atoms with van der Waals surface area (Å²) in [6, 6.07) is 72.4. The zero-order chi connectivity index (χ0) is 50.9. The maximum absolute atomic E-state index is 5.36. The fourth-order valence-corrected chi connectivity index (χ4v) is 11.4. The van der Waals surface area contributed by atoms with E-state index in [4.69, 9.17) is 5.73 Å². The molecule has 0 unspecified atom stereocenters. The van der Waals surface area contributed by atoms with Gasteiger partial charge < -0.3 is 20.1 Å². The van der Waals surface area contributed by atoms with Crippen LogP contribution in [0.5, 0.6) is 0 Å². The Kier molecular flexibility index (Phi) is 12.8. The number of nitrogen functional groups attached to an aromatic ring is 1. The van der Waals surface area contributed by atoms with Gasteiger partial charge in [-0.05, 0) is 159 Å². The molecule has 362 valence electrons.